The Morgan fingerprint density at radius 3 is 2.66 bits per heavy atom. The number of allylic oxidation sites excluding steroid dienone is 1. The summed E-state index contributed by atoms with van der Waals surface area (Å²) in [6, 6.07) is 14.2. The van der Waals surface area contributed by atoms with Crippen molar-refractivity contribution in [3.63, 3.8) is 0 Å². The van der Waals surface area contributed by atoms with Crippen molar-refractivity contribution in [2.24, 2.45) is 0 Å². The maximum absolute atomic E-state index is 12.3. The number of carbonyl (C=O) groups is 1. The van der Waals surface area contributed by atoms with Gasteiger partial charge in [0.05, 0.1) is 4.92 Å². The molecule has 0 atom stereocenters. The van der Waals surface area contributed by atoms with Crippen LogP contribution in [0.2, 0.25) is 0 Å². The van der Waals surface area contributed by atoms with Crippen molar-refractivity contribution in [3.8, 4) is 17.2 Å². The van der Waals surface area contributed by atoms with Gasteiger partial charge in [-0.05, 0) is 54.6 Å². The van der Waals surface area contributed by atoms with E-state index in [0.717, 1.165) is 0 Å². The van der Waals surface area contributed by atoms with Crippen LogP contribution < -0.4 is 14.2 Å². The Morgan fingerprint density at radius 1 is 1.07 bits per heavy atom. The first-order valence-corrected chi connectivity index (χ1v) is 8.66. The number of fused-ring (bicyclic) bond motifs is 1. The molecule has 1 aromatic heterocycles. The number of benzene rings is 2. The van der Waals surface area contributed by atoms with E-state index in [2.05, 4.69) is 0 Å². The lowest BCUT2D eigenvalue weighted by Gasteiger charge is -2.03. The molecule has 146 valence electrons. The minimum absolute atomic E-state index is 0.00472. The predicted molar refractivity (Wildman–Crippen MR) is 102 cm³/mol. The molecular weight excluding hydrogens is 378 g/mol. The van der Waals surface area contributed by atoms with Gasteiger partial charge in [-0.25, -0.2) is 0 Å². The summed E-state index contributed by atoms with van der Waals surface area (Å²) >= 11 is 0. The molecule has 4 rings (SSSR count). The van der Waals surface area contributed by atoms with Crippen molar-refractivity contribution in [2.75, 3.05) is 6.79 Å². The molecule has 2 aromatic carbocycles. The van der Waals surface area contributed by atoms with Crippen molar-refractivity contribution in [2.45, 2.75) is 6.61 Å². The van der Waals surface area contributed by atoms with Crippen LogP contribution in [0.3, 0.4) is 0 Å². The Balaban J connectivity index is 1.35. The first-order chi connectivity index (χ1) is 14.1. The number of nitro benzene ring substituents is 1. The highest BCUT2D eigenvalue weighted by Gasteiger charge is 2.15. The standard InChI is InChI=1S/C21H15NO7/c23-19(14-1-10-20-21(11-14)28-13-27-20)9-8-17-6-7-18(29-17)12-26-16-4-2-15(3-5-16)22(24)25/h1-11H,12-13H2/b9-8+. The zero-order chi connectivity index (χ0) is 20.2. The summed E-state index contributed by atoms with van der Waals surface area (Å²) in [6.07, 6.45) is 2.99. The lowest BCUT2D eigenvalue weighted by Crippen LogP contribution is -1.94. The Labute approximate surface area is 165 Å². The third-order valence-corrected chi connectivity index (χ3v) is 4.17. The molecule has 0 amide bonds. The van der Waals surface area contributed by atoms with Gasteiger partial charge in [0, 0.05) is 17.7 Å². The molecule has 0 N–H and O–H groups in total. The quantitative estimate of drug-likeness (QED) is 0.254. The summed E-state index contributed by atoms with van der Waals surface area (Å²) < 4.78 is 21.7. The van der Waals surface area contributed by atoms with Gasteiger partial charge in [-0.15, -0.1) is 0 Å². The fourth-order valence-corrected chi connectivity index (χ4v) is 2.68. The number of carbonyl (C=O) groups excluding carboxylic acids is 1. The fourth-order valence-electron chi connectivity index (χ4n) is 2.68. The molecule has 1 aliphatic rings. The lowest BCUT2D eigenvalue weighted by molar-refractivity contribution is -0.384. The van der Waals surface area contributed by atoms with Crippen molar-refractivity contribution >= 4 is 17.5 Å². The normalized spacial score (nSPS) is 12.3. The van der Waals surface area contributed by atoms with Crippen LogP contribution in [0.15, 0.2) is 65.1 Å². The van der Waals surface area contributed by atoms with Crippen LogP contribution in [-0.2, 0) is 6.61 Å². The topological polar surface area (TPSA) is 101 Å². The van der Waals surface area contributed by atoms with E-state index in [1.165, 1.54) is 30.3 Å². The van der Waals surface area contributed by atoms with E-state index < -0.39 is 4.92 Å². The first kappa shape index (κ1) is 18.3. The van der Waals surface area contributed by atoms with E-state index in [-0.39, 0.29) is 24.9 Å². The number of ketones is 1. The van der Waals surface area contributed by atoms with Crippen LogP contribution >= 0.6 is 0 Å². The van der Waals surface area contributed by atoms with Gasteiger partial charge in [-0.3, -0.25) is 14.9 Å². The molecule has 0 saturated carbocycles. The molecule has 8 heteroatoms. The minimum atomic E-state index is -0.472. The number of nitrogens with zero attached hydrogens (tertiary/aromatic N) is 1. The van der Waals surface area contributed by atoms with Crippen LogP contribution in [0, 0.1) is 10.1 Å². The second kappa shape index (κ2) is 7.89. The van der Waals surface area contributed by atoms with Crippen LogP contribution in [0.5, 0.6) is 17.2 Å². The van der Waals surface area contributed by atoms with Gasteiger partial charge in [0.2, 0.25) is 6.79 Å². The molecule has 3 aromatic rings. The second-order valence-corrected chi connectivity index (χ2v) is 6.11. The van der Waals surface area contributed by atoms with E-state index in [1.807, 2.05) is 0 Å². The van der Waals surface area contributed by atoms with E-state index >= 15 is 0 Å². The molecule has 1 aliphatic heterocycles. The zero-order valence-corrected chi connectivity index (χ0v) is 15.1. The maximum atomic E-state index is 12.3. The Bertz CT molecular complexity index is 1080. The third kappa shape index (κ3) is 4.27. The van der Waals surface area contributed by atoms with Crippen LogP contribution in [0.25, 0.3) is 6.08 Å². The highest BCUT2D eigenvalue weighted by molar-refractivity contribution is 6.07. The monoisotopic (exact) mass is 393 g/mol. The molecule has 8 nitrogen and oxygen atoms in total. The van der Waals surface area contributed by atoms with Gasteiger partial charge in [0.15, 0.2) is 17.3 Å². The van der Waals surface area contributed by atoms with Gasteiger partial charge in [0.25, 0.3) is 5.69 Å². The lowest BCUT2D eigenvalue weighted by atomic mass is 10.1. The van der Waals surface area contributed by atoms with Crippen molar-refractivity contribution < 1.29 is 28.3 Å². The van der Waals surface area contributed by atoms with E-state index in [4.69, 9.17) is 18.6 Å². The number of hydrogen-bond donors (Lipinski definition) is 0. The smallest absolute Gasteiger partial charge is 0.269 e. The summed E-state index contributed by atoms with van der Waals surface area (Å²) in [6.45, 7) is 0.307. The van der Waals surface area contributed by atoms with Crippen molar-refractivity contribution in [1.82, 2.24) is 0 Å². The minimum Gasteiger partial charge on any atom is -0.486 e. The van der Waals surface area contributed by atoms with Crippen LogP contribution in [0.4, 0.5) is 5.69 Å². The van der Waals surface area contributed by atoms with Gasteiger partial charge in [-0.2, -0.15) is 0 Å². The number of furan rings is 1. The zero-order valence-electron chi connectivity index (χ0n) is 15.1. The van der Waals surface area contributed by atoms with E-state index in [0.29, 0.717) is 34.3 Å². The number of non-ortho nitro benzene ring substituents is 1. The molecule has 0 fully saturated rings. The molecule has 0 unspecified atom stereocenters. The van der Waals surface area contributed by atoms with Gasteiger partial charge >= 0.3 is 0 Å². The van der Waals surface area contributed by atoms with E-state index in [9.17, 15) is 14.9 Å². The fraction of sp³-hybridized carbons (Fsp3) is 0.0952. The molecule has 0 radical (unpaired) electrons. The Hall–Kier alpha value is -4.07. The number of rotatable bonds is 7. The molecular formula is C21H15NO7. The molecule has 0 aliphatic carbocycles. The summed E-state index contributed by atoms with van der Waals surface area (Å²) in [5.41, 5.74) is 0.480. The number of ether oxygens (including phenoxy) is 3. The van der Waals surface area contributed by atoms with E-state index in [1.54, 1.807) is 36.4 Å². The Kier molecular flexibility index (Phi) is 4.98. The number of nitro groups is 1. The largest absolute Gasteiger partial charge is 0.486 e. The third-order valence-electron chi connectivity index (χ3n) is 4.17. The van der Waals surface area contributed by atoms with Gasteiger partial charge < -0.3 is 18.6 Å². The maximum Gasteiger partial charge on any atom is 0.269 e. The van der Waals surface area contributed by atoms with Crippen LogP contribution in [0.1, 0.15) is 21.9 Å². The first-order valence-electron chi connectivity index (χ1n) is 8.66. The summed E-state index contributed by atoms with van der Waals surface area (Å²) in [5, 5.41) is 10.7. The van der Waals surface area contributed by atoms with Crippen molar-refractivity contribution in [3.05, 3.63) is 87.9 Å². The van der Waals surface area contributed by atoms with Gasteiger partial charge in [-0.1, -0.05) is 0 Å². The SMILES string of the molecule is O=C(/C=C/c1ccc(COc2ccc([N+](=O)[O-])cc2)o1)c1ccc2c(c1)OCO2. The molecule has 0 bridgehead atoms. The molecule has 0 spiro atoms. The van der Waals surface area contributed by atoms with Crippen molar-refractivity contribution in [1.29, 1.82) is 0 Å². The highest BCUT2D eigenvalue weighted by atomic mass is 16.7. The summed E-state index contributed by atoms with van der Waals surface area (Å²) in [7, 11) is 0. The number of hydrogen-bond acceptors (Lipinski definition) is 7. The molecule has 2 heterocycles. The Morgan fingerprint density at radius 2 is 1.86 bits per heavy atom. The molecule has 0 saturated heterocycles. The van der Waals surface area contributed by atoms with Gasteiger partial charge in [0.1, 0.15) is 23.9 Å². The second-order valence-electron chi connectivity index (χ2n) is 6.11. The highest BCUT2D eigenvalue weighted by Crippen LogP contribution is 2.32. The summed E-state index contributed by atoms with van der Waals surface area (Å²) in [4.78, 5) is 22.5. The van der Waals surface area contributed by atoms with Crippen LogP contribution in [-0.4, -0.2) is 17.5 Å². The average molecular weight is 393 g/mol. The predicted octanol–water partition coefficient (Wildman–Crippen LogP) is 4.39. The summed E-state index contributed by atoms with van der Waals surface area (Å²) in [5.74, 6) is 2.52. The molecule has 29 heavy (non-hydrogen) atoms. The average Bonchev–Trinajstić information content (AvgIpc) is 3.39.